The summed E-state index contributed by atoms with van der Waals surface area (Å²) >= 11 is 0. The molecule has 1 fully saturated rings. The minimum absolute atomic E-state index is 0.0283. The van der Waals surface area contributed by atoms with E-state index in [1.807, 2.05) is 43.0 Å². The second-order valence-electron chi connectivity index (χ2n) is 6.79. The summed E-state index contributed by atoms with van der Waals surface area (Å²) in [6.45, 7) is 7.31. The van der Waals surface area contributed by atoms with Gasteiger partial charge in [0.15, 0.2) is 0 Å². The van der Waals surface area contributed by atoms with Gasteiger partial charge in [0.1, 0.15) is 5.76 Å². The van der Waals surface area contributed by atoms with Crippen molar-refractivity contribution in [3.8, 4) is 11.4 Å². The Morgan fingerprint density at radius 2 is 1.89 bits per heavy atom. The lowest BCUT2D eigenvalue weighted by atomic mass is 10.1. The molecule has 0 unspecified atom stereocenters. The summed E-state index contributed by atoms with van der Waals surface area (Å²) in [6, 6.07) is 9.72. The number of aryl methyl sites for hydroxylation is 2. The number of carbonyl (C=O) groups excluding carboxylic acids is 1. The third-order valence-electron chi connectivity index (χ3n) is 4.96. The zero-order valence-corrected chi connectivity index (χ0v) is 15.5. The van der Waals surface area contributed by atoms with Gasteiger partial charge in [-0.05, 0) is 25.5 Å². The van der Waals surface area contributed by atoms with E-state index in [1.165, 1.54) is 0 Å². The van der Waals surface area contributed by atoms with E-state index in [1.54, 1.807) is 12.3 Å². The Kier molecular flexibility index (Phi) is 4.77. The Balaban J connectivity index is 1.35. The number of rotatable bonds is 4. The zero-order chi connectivity index (χ0) is 18.8. The van der Waals surface area contributed by atoms with Crippen LogP contribution in [-0.2, 0) is 6.54 Å². The fourth-order valence-electron chi connectivity index (χ4n) is 3.33. The lowest BCUT2D eigenvalue weighted by Crippen LogP contribution is -2.48. The second kappa shape index (κ2) is 7.36. The molecule has 140 valence electrons. The number of aromatic nitrogens is 2. The van der Waals surface area contributed by atoms with E-state index in [4.69, 9.17) is 8.94 Å². The molecule has 7 heteroatoms. The molecule has 3 aromatic rings. The lowest BCUT2D eigenvalue weighted by Gasteiger charge is -2.33. The van der Waals surface area contributed by atoms with Gasteiger partial charge in [0.25, 0.3) is 5.91 Å². The van der Waals surface area contributed by atoms with Gasteiger partial charge in [0, 0.05) is 31.7 Å². The maximum atomic E-state index is 12.5. The Labute approximate surface area is 157 Å². The standard InChI is InChI=1S/C20H22N4O3/c1-14-5-3-4-6-16(14)19-21-18(27-22-19)13-23-8-10-24(11-9-23)20(25)17-7-12-26-15(17)2/h3-7,12H,8-11,13H2,1-2H3. The summed E-state index contributed by atoms with van der Waals surface area (Å²) in [5.74, 6) is 1.91. The van der Waals surface area contributed by atoms with Gasteiger partial charge < -0.3 is 13.8 Å². The molecular formula is C20H22N4O3. The third-order valence-corrected chi connectivity index (χ3v) is 4.96. The number of benzene rings is 1. The molecule has 3 heterocycles. The van der Waals surface area contributed by atoms with Crippen LogP contribution in [0.1, 0.15) is 27.6 Å². The predicted octanol–water partition coefficient (Wildman–Crippen LogP) is 2.90. The van der Waals surface area contributed by atoms with Crippen LogP contribution < -0.4 is 0 Å². The van der Waals surface area contributed by atoms with Crippen molar-refractivity contribution in [1.29, 1.82) is 0 Å². The quantitative estimate of drug-likeness (QED) is 0.707. The van der Waals surface area contributed by atoms with E-state index in [2.05, 4.69) is 15.0 Å². The molecule has 1 aliphatic heterocycles. The maximum absolute atomic E-state index is 12.5. The summed E-state index contributed by atoms with van der Waals surface area (Å²) < 4.78 is 10.7. The molecule has 2 aromatic heterocycles. The first kappa shape index (κ1) is 17.5. The Morgan fingerprint density at radius 3 is 2.59 bits per heavy atom. The minimum Gasteiger partial charge on any atom is -0.469 e. The highest BCUT2D eigenvalue weighted by molar-refractivity contribution is 5.95. The van der Waals surface area contributed by atoms with Crippen molar-refractivity contribution >= 4 is 5.91 Å². The molecule has 1 aliphatic rings. The summed E-state index contributed by atoms with van der Waals surface area (Å²) in [5.41, 5.74) is 2.74. The van der Waals surface area contributed by atoms with Gasteiger partial charge in [-0.25, -0.2) is 0 Å². The molecular weight excluding hydrogens is 344 g/mol. The van der Waals surface area contributed by atoms with Gasteiger partial charge in [-0.1, -0.05) is 29.4 Å². The molecule has 0 bridgehead atoms. The number of furan rings is 1. The molecule has 27 heavy (non-hydrogen) atoms. The maximum Gasteiger partial charge on any atom is 0.257 e. The number of piperazine rings is 1. The smallest absolute Gasteiger partial charge is 0.257 e. The Bertz CT molecular complexity index is 938. The molecule has 0 radical (unpaired) electrons. The number of hydrogen-bond donors (Lipinski definition) is 0. The van der Waals surface area contributed by atoms with Crippen molar-refractivity contribution in [2.75, 3.05) is 26.2 Å². The average molecular weight is 366 g/mol. The second-order valence-corrected chi connectivity index (χ2v) is 6.79. The molecule has 7 nitrogen and oxygen atoms in total. The van der Waals surface area contributed by atoms with Gasteiger partial charge in [0.05, 0.1) is 18.4 Å². The van der Waals surface area contributed by atoms with E-state index in [0.717, 1.165) is 24.2 Å². The lowest BCUT2D eigenvalue weighted by molar-refractivity contribution is 0.0613. The first-order valence-corrected chi connectivity index (χ1v) is 9.06. The van der Waals surface area contributed by atoms with E-state index < -0.39 is 0 Å². The van der Waals surface area contributed by atoms with Crippen LogP contribution in [0.4, 0.5) is 0 Å². The molecule has 0 saturated carbocycles. The zero-order valence-electron chi connectivity index (χ0n) is 15.5. The van der Waals surface area contributed by atoms with Crippen LogP contribution >= 0.6 is 0 Å². The van der Waals surface area contributed by atoms with Crippen LogP contribution in [-0.4, -0.2) is 52.0 Å². The van der Waals surface area contributed by atoms with Crippen LogP contribution in [0.15, 0.2) is 45.5 Å². The number of nitrogens with zero attached hydrogens (tertiary/aromatic N) is 4. The van der Waals surface area contributed by atoms with Gasteiger partial charge in [-0.15, -0.1) is 0 Å². The van der Waals surface area contributed by atoms with Crippen molar-refractivity contribution < 1.29 is 13.7 Å². The molecule has 4 rings (SSSR count). The highest BCUT2D eigenvalue weighted by atomic mass is 16.5. The number of hydrogen-bond acceptors (Lipinski definition) is 6. The molecule has 1 saturated heterocycles. The van der Waals surface area contributed by atoms with Crippen LogP contribution in [0.2, 0.25) is 0 Å². The molecule has 0 spiro atoms. The van der Waals surface area contributed by atoms with E-state index in [-0.39, 0.29) is 5.91 Å². The van der Waals surface area contributed by atoms with Crippen molar-refractivity contribution in [1.82, 2.24) is 19.9 Å². The van der Waals surface area contributed by atoms with Crippen LogP contribution in [0.5, 0.6) is 0 Å². The van der Waals surface area contributed by atoms with Crippen molar-refractivity contribution in [3.05, 3.63) is 59.4 Å². The first-order chi connectivity index (χ1) is 13.1. The van der Waals surface area contributed by atoms with Crippen molar-refractivity contribution in [3.63, 3.8) is 0 Å². The van der Waals surface area contributed by atoms with E-state index in [0.29, 0.717) is 42.7 Å². The highest BCUT2D eigenvalue weighted by Gasteiger charge is 2.25. The predicted molar refractivity (Wildman–Crippen MR) is 99.1 cm³/mol. The van der Waals surface area contributed by atoms with Crippen molar-refractivity contribution in [2.24, 2.45) is 0 Å². The van der Waals surface area contributed by atoms with Gasteiger partial charge >= 0.3 is 0 Å². The molecule has 0 atom stereocenters. The highest BCUT2D eigenvalue weighted by Crippen LogP contribution is 2.20. The molecule has 1 aromatic carbocycles. The van der Waals surface area contributed by atoms with E-state index in [9.17, 15) is 4.79 Å². The largest absolute Gasteiger partial charge is 0.469 e. The average Bonchev–Trinajstić information content (AvgIpc) is 3.31. The van der Waals surface area contributed by atoms with Crippen LogP contribution in [0.25, 0.3) is 11.4 Å². The Hall–Kier alpha value is -2.93. The normalized spacial score (nSPS) is 15.3. The summed E-state index contributed by atoms with van der Waals surface area (Å²) in [5, 5.41) is 4.11. The molecule has 0 aliphatic carbocycles. The van der Waals surface area contributed by atoms with Crippen molar-refractivity contribution in [2.45, 2.75) is 20.4 Å². The Morgan fingerprint density at radius 1 is 1.11 bits per heavy atom. The number of carbonyl (C=O) groups is 1. The monoisotopic (exact) mass is 366 g/mol. The van der Waals surface area contributed by atoms with E-state index >= 15 is 0 Å². The van der Waals surface area contributed by atoms with Gasteiger partial charge in [0.2, 0.25) is 11.7 Å². The fraction of sp³-hybridized carbons (Fsp3) is 0.350. The topological polar surface area (TPSA) is 75.6 Å². The third kappa shape index (κ3) is 3.64. The summed E-state index contributed by atoms with van der Waals surface area (Å²) in [4.78, 5) is 21.2. The summed E-state index contributed by atoms with van der Waals surface area (Å²) in [7, 11) is 0. The van der Waals surface area contributed by atoms with Gasteiger partial charge in [-0.2, -0.15) is 4.98 Å². The van der Waals surface area contributed by atoms with Crippen LogP contribution in [0.3, 0.4) is 0 Å². The van der Waals surface area contributed by atoms with Gasteiger partial charge in [-0.3, -0.25) is 9.69 Å². The first-order valence-electron chi connectivity index (χ1n) is 9.06. The SMILES string of the molecule is Cc1ccccc1-c1noc(CN2CCN(C(=O)c3ccoc3C)CC2)n1. The summed E-state index contributed by atoms with van der Waals surface area (Å²) in [6.07, 6.45) is 1.56. The minimum atomic E-state index is 0.0283. The molecule has 1 amide bonds. The molecule has 0 N–H and O–H groups in total. The fourth-order valence-corrected chi connectivity index (χ4v) is 3.33. The van der Waals surface area contributed by atoms with Crippen LogP contribution in [0, 0.1) is 13.8 Å². The number of amides is 1.